The Kier molecular flexibility index (Phi) is 5.38. The zero-order valence-corrected chi connectivity index (χ0v) is 15.9. The van der Waals surface area contributed by atoms with E-state index in [2.05, 4.69) is 22.1 Å². The summed E-state index contributed by atoms with van der Waals surface area (Å²) in [6, 6.07) is 12.1. The second-order valence-electron chi connectivity index (χ2n) is 5.60. The SMILES string of the molecule is Cc1csc(/C(C#N)=C/c2cccc(/C=C(\C#N)c3nc(C)cs3)c2)n1. The van der Waals surface area contributed by atoms with E-state index in [1.165, 1.54) is 22.7 Å². The van der Waals surface area contributed by atoms with Crippen molar-refractivity contribution in [3.05, 3.63) is 67.6 Å². The van der Waals surface area contributed by atoms with Crippen LogP contribution >= 0.6 is 22.7 Å². The lowest BCUT2D eigenvalue weighted by Crippen LogP contribution is -1.84. The minimum Gasteiger partial charge on any atom is -0.241 e. The highest BCUT2D eigenvalue weighted by atomic mass is 32.1. The minimum atomic E-state index is 0.528. The summed E-state index contributed by atoms with van der Waals surface area (Å²) in [7, 11) is 0. The molecule has 0 aliphatic rings. The molecule has 0 saturated carbocycles. The number of rotatable bonds is 4. The molecule has 0 aliphatic heterocycles. The average Bonchev–Trinajstić information content (AvgIpc) is 3.26. The van der Waals surface area contributed by atoms with Crippen LogP contribution in [0, 0.1) is 36.5 Å². The summed E-state index contributed by atoms with van der Waals surface area (Å²) in [5.74, 6) is 0. The van der Waals surface area contributed by atoms with Crippen LogP contribution in [0.25, 0.3) is 23.3 Å². The summed E-state index contributed by atoms with van der Waals surface area (Å²) in [6.45, 7) is 3.81. The van der Waals surface area contributed by atoms with Crippen LogP contribution in [-0.4, -0.2) is 9.97 Å². The van der Waals surface area contributed by atoms with Crippen LogP contribution in [0.3, 0.4) is 0 Å². The van der Waals surface area contributed by atoms with Crippen LogP contribution < -0.4 is 0 Å². The maximum Gasteiger partial charge on any atom is 0.134 e. The van der Waals surface area contributed by atoms with E-state index < -0.39 is 0 Å². The minimum absolute atomic E-state index is 0.528. The third-order valence-electron chi connectivity index (χ3n) is 3.47. The average molecular weight is 374 g/mol. The van der Waals surface area contributed by atoms with Crippen molar-refractivity contribution in [3.8, 4) is 12.1 Å². The van der Waals surface area contributed by atoms with Crippen molar-refractivity contribution in [3.63, 3.8) is 0 Å². The lowest BCUT2D eigenvalue weighted by Gasteiger charge is -2.00. The molecule has 6 heteroatoms. The van der Waals surface area contributed by atoms with Crippen molar-refractivity contribution in [1.29, 1.82) is 10.5 Å². The quantitative estimate of drug-likeness (QED) is 0.577. The van der Waals surface area contributed by atoms with Gasteiger partial charge >= 0.3 is 0 Å². The van der Waals surface area contributed by atoms with Crippen molar-refractivity contribution in [2.75, 3.05) is 0 Å². The van der Waals surface area contributed by atoms with Crippen LogP contribution in [0.4, 0.5) is 0 Å². The van der Waals surface area contributed by atoms with Crippen molar-refractivity contribution in [1.82, 2.24) is 9.97 Å². The molecule has 3 rings (SSSR count). The van der Waals surface area contributed by atoms with Crippen LogP contribution in [-0.2, 0) is 0 Å². The van der Waals surface area contributed by atoms with E-state index in [4.69, 9.17) is 0 Å². The Bertz CT molecular complexity index is 1000. The van der Waals surface area contributed by atoms with Crippen molar-refractivity contribution < 1.29 is 0 Å². The molecule has 0 bridgehead atoms. The van der Waals surface area contributed by atoms with Gasteiger partial charge in [0.2, 0.25) is 0 Å². The molecule has 0 amide bonds. The maximum atomic E-state index is 9.44. The van der Waals surface area contributed by atoms with E-state index >= 15 is 0 Å². The summed E-state index contributed by atoms with van der Waals surface area (Å²) < 4.78 is 0. The normalized spacial score (nSPS) is 11.8. The highest BCUT2D eigenvalue weighted by Gasteiger charge is 2.07. The highest BCUT2D eigenvalue weighted by Crippen LogP contribution is 2.24. The molecule has 3 aromatic rings. The molecule has 1 aromatic carbocycles. The number of allylic oxidation sites excluding steroid dienone is 2. The van der Waals surface area contributed by atoms with Gasteiger partial charge in [0.05, 0.1) is 11.1 Å². The third-order valence-corrected chi connectivity index (χ3v) is 5.46. The fourth-order valence-electron chi connectivity index (χ4n) is 2.31. The largest absolute Gasteiger partial charge is 0.241 e. The molecule has 0 atom stereocenters. The lowest BCUT2D eigenvalue weighted by atomic mass is 10.1. The van der Waals surface area contributed by atoms with Crippen LogP contribution in [0.1, 0.15) is 32.5 Å². The number of benzene rings is 1. The first-order chi connectivity index (χ1) is 12.6. The summed E-state index contributed by atoms with van der Waals surface area (Å²) >= 11 is 2.91. The molecule has 0 saturated heterocycles. The van der Waals surface area contributed by atoms with Crippen molar-refractivity contribution in [2.45, 2.75) is 13.8 Å². The van der Waals surface area contributed by atoms with E-state index in [9.17, 15) is 10.5 Å². The second-order valence-corrected chi connectivity index (χ2v) is 7.31. The van der Waals surface area contributed by atoms with Crippen molar-refractivity contribution >= 4 is 46.0 Å². The van der Waals surface area contributed by atoms with Gasteiger partial charge in [-0.15, -0.1) is 22.7 Å². The van der Waals surface area contributed by atoms with Crippen molar-refractivity contribution in [2.24, 2.45) is 0 Å². The molecule has 4 nitrogen and oxygen atoms in total. The number of aryl methyl sites for hydroxylation is 2. The van der Waals surface area contributed by atoms with Gasteiger partial charge < -0.3 is 0 Å². The molecule has 2 heterocycles. The van der Waals surface area contributed by atoms with E-state index in [1.807, 2.05) is 61.0 Å². The van der Waals surface area contributed by atoms with E-state index in [-0.39, 0.29) is 0 Å². The Hall–Kier alpha value is -3.06. The zero-order valence-electron chi connectivity index (χ0n) is 14.2. The van der Waals surface area contributed by atoms with E-state index in [0.29, 0.717) is 21.2 Å². The van der Waals surface area contributed by atoms with Gasteiger partial charge in [0.25, 0.3) is 0 Å². The smallest absolute Gasteiger partial charge is 0.134 e. The zero-order chi connectivity index (χ0) is 18.5. The molecule has 0 N–H and O–H groups in total. The summed E-state index contributed by atoms with van der Waals surface area (Å²) in [6.07, 6.45) is 3.63. The predicted molar refractivity (Wildman–Crippen MR) is 107 cm³/mol. The molecule has 0 spiro atoms. The molecule has 0 unspecified atom stereocenters. The molecule has 0 aliphatic carbocycles. The number of thiazole rings is 2. The Morgan fingerprint density at radius 3 is 1.69 bits per heavy atom. The monoisotopic (exact) mass is 374 g/mol. The molecular weight excluding hydrogens is 360 g/mol. The number of aromatic nitrogens is 2. The fourth-order valence-corrected chi connectivity index (χ4v) is 3.84. The summed E-state index contributed by atoms with van der Waals surface area (Å²) in [4.78, 5) is 8.74. The number of hydrogen-bond acceptors (Lipinski definition) is 6. The first kappa shape index (κ1) is 17.8. The van der Waals surface area contributed by atoms with Gasteiger partial charge in [-0.1, -0.05) is 18.2 Å². The Morgan fingerprint density at radius 1 is 0.885 bits per heavy atom. The number of hydrogen-bond donors (Lipinski definition) is 0. The Labute approximate surface area is 160 Å². The van der Waals surface area contributed by atoms with Crippen LogP contribution in [0.15, 0.2) is 35.0 Å². The van der Waals surface area contributed by atoms with Crippen LogP contribution in [0.5, 0.6) is 0 Å². The first-order valence-corrected chi connectivity index (χ1v) is 9.53. The fraction of sp³-hybridized carbons (Fsp3) is 0.100. The topological polar surface area (TPSA) is 73.4 Å². The molecule has 26 heavy (non-hydrogen) atoms. The van der Waals surface area contributed by atoms with Gasteiger partial charge in [-0.05, 0) is 43.2 Å². The number of nitrogens with zero attached hydrogens (tertiary/aromatic N) is 4. The standard InChI is InChI=1S/C20H14N4S2/c1-13-11-25-19(23-13)17(9-21)7-15-4-3-5-16(6-15)8-18(10-22)20-24-14(2)12-26-20/h3-8,11-12H,1-2H3/b17-7+,18-8+. The van der Waals surface area contributed by atoms with Gasteiger partial charge in [0.15, 0.2) is 0 Å². The third kappa shape index (κ3) is 4.12. The summed E-state index contributed by atoms with van der Waals surface area (Å²) in [5, 5.41) is 24.2. The highest BCUT2D eigenvalue weighted by molar-refractivity contribution is 7.11. The Balaban J connectivity index is 1.95. The van der Waals surface area contributed by atoms with Gasteiger partial charge in [-0.2, -0.15) is 10.5 Å². The van der Waals surface area contributed by atoms with Gasteiger partial charge in [-0.3, -0.25) is 0 Å². The second kappa shape index (κ2) is 7.88. The van der Waals surface area contributed by atoms with Crippen LogP contribution in [0.2, 0.25) is 0 Å². The van der Waals surface area contributed by atoms with E-state index in [0.717, 1.165) is 22.5 Å². The molecular formula is C20H14N4S2. The summed E-state index contributed by atoms with van der Waals surface area (Å²) in [5.41, 5.74) is 4.63. The lowest BCUT2D eigenvalue weighted by molar-refractivity contribution is 1.25. The molecule has 126 valence electrons. The predicted octanol–water partition coefficient (Wildman–Crippen LogP) is 5.34. The van der Waals surface area contributed by atoms with E-state index in [1.54, 1.807) is 0 Å². The van der Waals surface area contributed by atoms with Gasteiger partial charge in [-0.25, -0.2) is 9.97 Å². The Morgan fingerprint density at radius 2 is 1.35 bits per heavy atom. The van der Waals surface area contributed by atoms with Gasteiger partial charge in [0.1, 0.15) is 22.2 Å². The molecule has 2 aromatic heterocycles. The first-order valence-electron chi connectivity index (χ1n) is 7.77. The molecule has 0 fully saturated rings. The van der Waals surface area contributed by atoms with Gasteiger partial charge in [0, 0.05) is 22.1 Å². The maximum absolute atomic E-state index is 9.44. The number of nitriles is 2. The molecule has 0 radical (unpaired) electrons.